The van der Waals surface area contributed by atoms with Crippen molar-refractivity contribution < 1.29 is 14.4 Å². The summed E-state index contributed by atoms with van der Waals surface area (Å²) in [6.07, 6.45) is 10.5. The second-order valence-electron chi connectivity index (χ2n) is 12.3. The van der Waals surface area contributed by atoms with Crippen LogP contribution in [0.2, 0.25) is 0 Å². The summed E-state index contributed by atoms with van der Waals surface area (Å²) in [5.74, 6) is 2.88. The average molecular weight is 427 g/mol. The third kappa shape index (κ3) is 3.16. The lowest BCUT2D eigenvalue weighted by atomic mass is 9.40. The molecular formula is C28H42O3. The van der Waals surface area contributed by atoms with Crippen molar-refractivity contribution in [3.05, 3.63) is 12.2 Å². The van der Waals surface area contributed by atoms with Gasteiger partial charge >= 0.3 is 0 Å². The molecule has 0 aromatic rings. The first-order valence-corrected chi connectivity index (χ1v) is 12.7. The molecule has 0 heterocycles. The van der Waals surface area contributed by atoms with Crippen molar-refractivity contribution >= 4 is 17.3 Å². The van der Waals surface area contributed by atoms with Crippen molar-refractivity contribution in [1.29, 1.82) is 0 Å². The van der Waals surface area contributed by atoms with Crippen molar-refractivity contribution in [3.63, 3.8) is 0 Å². The second-order valence-corrected chi connectivity index (χ2v) is 12.3. The summed E-state index contributed by atoms with van der Waals surface area (Å²) in [6, 6.07) is 0. The van der Waals surface area contributed by atoms with E-state index in [1.54, 1.807) is 0 Å². The molecule has 0 saturated heterocycles. The molecule has 1 spiro atoms. The zero-order chi connectivity index (χ0) is 22.8. The molecule has 3 heteroatoms. The van der Waals surface area contributed by atoms with Gasteiger partial charge in [0.1, 0.15) is 17.3 Å². The highest BCUT2D eigenvalue weighted by atomic mass is 16.1. The molecule has 0 bridgehead atoms. The normalized spacial score (nSPS) is 44.9. The molecule has 4 rings (SSSR count). The highest BCUT2D eigenvalue weighted by molar-refractivity contribution is 5.98. The predicted molar refractivity (Wildman–Crippen MR) is 123 cm³/mol. The molecule has 4 fully saturated rings. The van der Waals surface area contributed by atoms with Crippen molar-refractivity contribution in [2.75, 3.05) is 0 Å². The minimum atomic E-state index is -0.510. The molecule has 0 aromatic heterocycles. The minimum absolute atomic E-state index is 0.122. The van der Waals surface area contributed by atoms with Gasteiger partial charge in [-0.25, -0.2) is 0 Å². The molecule has 0 radical (unpaired) electrons. The van der Waals surface area contributed by atoms with Gasteiger partial charge < -0.3 is 0 Å². The SMILES string of the molecule is CC(C)[C@@H](C)/C=C/[C@H](C)[C@H]1CCC(=O)[C@]23CC(=O)[C@@H]4CC(=O)CC[C@]4(C)[C@H]2CC[C@]13C. The van der Waals surface area contributed by atoms with E-state index in [2.05, 4.69) is 53.7 Å². The molecule has 3 nitrogen and oxygen atoms in total. The number of Topliss-reactive ketones (excluding diaryl/α,β-unsaturated/α-hetero) is 3. The Morgan fingerprint density at radius 1 is 0.935 bits per heavy atom. The quantitative estimate of drug-likeness (QED) is 0.503. The van der Waals surface area contributed by atoms with Crippen LogP contribution < -0.4 is 0 Å². The Morgan fingerprint density at radius 2 is 1.65 bits per heavy atom. The van der Waals surface area contributed by atoms with E-state index in [4.69, 9.17) is 0 Å². The highest BCUT2D eigenvalue weighted by Gasteiger charge is 2.73. The first-order valence-electron chi connectivity index (χ1n) is 12.7. The van der Waals surface area contributed by atoms with Crippen LogP contribution in [0.4, 0.5) is 0 Å². The minimum Gasteiger partial charge on any atom is -0.300 e. The second kappa shape index (κ2) is 7.66. The monoisotopic (exact) mass is 426 g/mol. The lowest BCUT2D eigenvalue weighted by Crippen LogP contribution is -2.63. The Bertz CT molecular complexity index is 809. The standard InChI is InChI=1S/C28H42O3/c1-17(2)18(3)7-8-19(4)21-9-10-25(31)28-16-23(30)22-15-20(29)11-13-26(22,5)24(28)12-14-27(21,28)6/h7-8,17-19,21-22,24H,9-16H2,1-6H3/b8-7+/t18-,19-,21+,22-,24+,26-,27+,28-/m0/s1. The molecular weight excluding hydrogens is 384 g/mol. The van der Waals surface area contributed by atoms with Gasteiger partial charge in [0.15, 0.2) is 0 Å². The Balaban J connectivity index is 1.71. The zero-order valence-electron chi connectivity index (χ0n) is 20.5. The number of carbonyl (C=O) groups excluding carboxylic acids is 3. The van der Waals surface area contributed by atoms with Gasteiger partial charge in [0.2, 0.25) is 0 Å². The van der Waals surface area contributed by atoms with E-state index in [9.17, 15) is 14.4 Å². The van der Waals surface area contributed by atoms with E-state index in [0.29, 0.717) is 55.1 Å². The van der Waals surface area contributed by atoms with Crippen LogP contribution in [-0.4, -0.2) is 17.3 Å². The summed E-state index contributed by atoms with van der Waals surface area (Å²) in [7, 11) is 0. The molecule has 0 unspecified atom stereocenters. The predicted octanol–water partition coefficient (Wildman–Crippen LogP) is 6.20. The van der Waals surface area contributed by atoms with Crippen molar-refractivity contribution in [2.24, 2.45) is 51.8 Å². The fourth-order valence-corrected chi connectivity index (χ4v) is 8.48. The Labute approximate surface area is 188 Å². The maximum absolute atomic E-state index is 13.8. The fraction of sp³-hybridized carbons (Fsp3) is 0.821. The topological polar surface area (TPSA) is 51.2 Å². The molecule has 8 atom stereocenters. The van der Waals surface area contributed by atoms with Crippen LogP contribution in [0.25, 0.3) is 0 Å². The van der Waals surface area contributed by atoms with Gasteiger partial charge in [0, 0.05) is 37.0 Å². The number of rotatable bonds is 4. The molecule has 4 aliphatic rings. The van der Waals surface area contributed by atoms with Gasteiger partial charge in [0.05, 0.1) is 0 Å². The first kappa shape index (κ1) is 22.9. The summed E-state index contributed by atoms with van der Waals surface area (Å²) in [4.78, 5) is 39.5. The van der Waals surface area contributed by atoms with E-state index in [1.165, 1.54) is 0 Å². The zero-order valence-corrected chi connectivity index (χ0v) is 20.5. The van der Waals surface area contributed by atoms with Crippen molar-refractivity contribution in [1.82, 2.24) is 0 Å². The average Bonchev–Trinajstić information content (AvgIpc) is 3.03. The smallest absolute Gasteiger partial charge is 0.140 e. The van der Waals surface area contributed by atoms with Gasteiger partial charge in [-0.05, 0) is 66.1 Å². The van der Waals surface area contributed by atoms with E-state index in [-0.39, 0.29) is 34.2 Å². The lowest BCUT2D eigenvalue weighted by Gasteiger charge is -2.62. The van der Waals surface area contributed by atoms with Crippen LogP contribution in [0, 0.1) is 51.8 Å². The third-order valence-corrected chi connectivity index (χ3v) is 10.8. The summed E-state index contributed by atoms with van der Waals surface area (Å²) in [6.45, 7) is 13.7. The number of fused-ring (bicyclic) bond motifs is 2. The Morgan fingerprint density at radius 3 is 2.32 bits per heavy atom. The third-order valence-electron chi connectivity index (χ3n) is 10.8. The summed E-state index contributed by atoms with van der Waals surface area (Å²) in [5.41, 5.74) is -0.822. The Hall–Kier alpha value is -1.25. The van der Waals surface area contributed by atoms with Gasteiger partial charge in [-0.2, -0.15) is 0 Å². The molecule has 172 valence electrons. The molecule has 0 amide bonds. The molecule has 0 N–H and O–H groups in total. The molecule has 4 aliphatic carbocycles. The summed E-state index contributed by atoms with van der Waals surface area (Å²) < 4.78 is 0. The van der Waals surface area contributed by atoms with Crippen LogP contribution in [-0.2, 0) is 14.4 Å². The van der Waals surface area contributed by atoms with Crippen molar-refractivity contribution in [3.8, 4) is 0 Å². The van der Waals surface area contributed by atoms with Gasteiger partial charge in [-0.1, -0.05) is 53.7 Å². The van der Waals surface area contributed by atoms with Gasteiger partial charge in [-0.15, -0.1) is 0 Å². The molecule has 0 aliphatic heterocycles. The molecule has 4 saturated carbocycles. The molecule has 0 aromatic carbocycles. The lowest BCUT2D eigenvalue weighted by molar-refractivity contribution is -0.180. The van der Waals surface area contributed by atoms with Crippen LogP contribution in [0.5, 0.6) is 0 Å². The van der Waals surface area contributed by atoms with Crippen LogP contribution in [0.15, 0.2) is 12.2 Å². The summed E-state index contributed by atoms with van der Waals surface area (Å²) >= 11 is 0. The fourth-order valence-electron chi connectivity index (χ4n) is 8.48. The van der Waals surface area contributed by atoms with Crippen LogP contribution in [0.1, 0.15) is 92.9 Å². The van der Waals surface area contributed by atoms with Gasteiger partial charge in [-0.3, -0.25) is 14.4 Å². The van der Waals surface area contributed by atoms with E-state index in [1.807, 2.05) is 0 Å². The van der Waals surface area contributed by atoms with Crippen LogP contribution >= 0.6 is 0 Å². The number of hydrogen-bond donors (Lipinski definition) is 0. The number of allylic oxidation sites excluding steroid dienone is 2. The number of ketones is 3. The molecule has 31 heavy (non-hydrogen) atoms. The van der Waals surface area contributed by atoms with Gasteiger partial charge in [0.25, 0.3) is 0 Å². The maximum Gasteiger partial charge on any atom is 0.140 e. The van der Waals surface area contributed by atoms with E-state index >= 15 is 0 Å². The number of hydrogen-bond acceptors (Lipinski definition) is 3. The highest BCUT2D eigenvalue weighted by Crippen LogP contribution is 2.74. The first-order chi connectivity index (χ1) is 14.5. The maximum atomic E-state index is 13.8. The van der Waals surface area contributed by atoms with Crippen LogP contribution in [0.3, 0.4) is 0 Å². The van der Waals surface area contributed by atoms with Crippen molar-refractivity contribution in [2.45, 2.75) is 92.9 Å². The van der Waals surface area contributed by atoms with E-state index < -0.39 is 5.41 Å². The number of carbonyl (C=O) groups is 3. The largest absolute Gasteiger partial charge is 0.300 e. The summed E-state index contributed by atoms with van der Waals surface area (Å²) in [5, 5.41) is 0. The van der Waals surface area contributed by atoms with E-state index in [0.717, 1.165) is 25.7 Å². The Kier molecular flexibility index (Phi) is 5.67.